The molecule has 0 spiro atoms. The van der Waals surface area contributed by atoms with Crippen molar-refractivity contribution in [2.75, 3.05) is 5.73 Å². The monoisotopic (exact) mass is 224 g/mol. The molecule has 2 N–H and O–H groups in total. The van der Waals surface area contributed by atoms with E-state index in [1.807, 2.05) is 0 Å². The van der Waals surface area contributed by atoms with Crippen LogP contribution in [0.5, 0.6) is 0 Å². The standard InChI is InChI=1S/C8H6ClF3NO/c9-6-4(3-14)1-2-5(7(6)13)8(10,11)12/h1-2H,3,13H2. The van der Waals surface area contributed by atoms with E-state index >= 15 is 0 Å². The number of halogens is 4. The fraction of sp³-hybridized carbons (Fsp3) is 0.250. The molecule has 2 nitrogen and oxygen atoms in total. The fourth-order valence-corrected chi connectivity index (χ4v) is 1.22. The first-order valence-electron chi connectivity index (χ1n) is 3.60. The van der Waals surface area contributed by atoms with Crippen LogP contribution in [-0.2, 0) is 17.9 Å². The van der Waals surface area contributed by atoms with Gasteiger partial charge >= 0.3 is 6.18 Å². The summed E-state index contributed by atoms with van der Waals surface area (Å²) in [5.74, 6) is 0. The predicted molar refractivity (Wildman–Crippen MR) is 45.3 cm³/mol. The summed E-state index contributed by atoms with van der Waals surface area (Å²) in [6.07, 6.45) is -4.55. The lowest BCUT2D eigenvalue weighted by atomic mass is 10.1. The van der Waals surface area contributed by atoms with Crippen molar-refractivity contribution in [2.24, 2.45) is 0 Å². The van der Waals surface area contributed by atoms with Crippen molar-refractivity contribution in [3.8, 4) is 0 Å². The summed E-state index contributed by atoms with van der Waals surface area (Å²) in [5, 5.41) is 10.1. The molecule has 0 atom stereocenters. The fourth-order valence-electron chi connectivity index (χ4n) is 0.997. The van der Waals surface area contributed by atoms with Crippen molar-refractivity contribution < 1.29 is 18.3 Å². The molecule has 1 aromatic rings. The quantitative estimate of drug-likeness (QED) is 0.733. The molecular formula is C8H6ClF3NO. The van der Waals surface area contributed by atoms with Gasteiger partial charge in [0.05, 0.1) is 16.3 Å². The third kappa shape index (κ3) is 1.93. The lowest BCUT2D eigenvalue weighted by molar-refractivity contribution is -0.136. The summed E-state index contributed by atoms with van der Waals surface area (Å²) in [6.45, 7) is -0.693. The number of anilines is 1. The van der Waals surface area contributed by atoms with Crippen LogP contribution in [0, 0.1) is 0 Å². The number of alkyl halides is 3. The van der Waals surface area contributed by atoms with Crippen LogP contribution in [0.1, 0.15) is 11.1 Å². The maximum atomic E-state index is 12.2. The molecule has 1 aromatic carbocycles. The first-order valence-corrected chi connectivity index (χ1v) is 3.98. The van der Waals surface area contributed by atoms with Crippen LogP contribution < -0.4 is 5.73 Å². The van der Waals surface area contributed by atoms with Crippen molar-refractivity contribution >= 4 is 17.3 Å². The maximum absolute atomic E-state index is 12.2. The van der Waals surface area contributed by atoms with E-state index in [9.17, 15) is 18.3 Å². The molecule has 0 amide bonds. The first kappa shape index (κ1) is 11.1. The molecule has 0 saturated heterocycles. The van der Waals surface area contributed by atoms with Crippen LogP contribution in [0.2, 0.25) is 5.02 Å². The summed E-state index contributed by atoms with van der Waals surface area (Å²) in [5.41, 5.74) is 3.62. The van der Waals surface area contributed by atoms with Gasteiger partial charge in [-0.05, 0) is 6.07 Å². The van der Waals surface area contributed by atoms with Gasteiger partial charge in [0, 0.05) is 5.56 Å². The summed E-state index contributed by atoms with van der Waals surface area (Å²) < 4.78 is 36.7. The van der Waals surface area contributed by atoms with Crippen molar-refractivity contribution in [1.82, 2.24) is 0 Å². The predicted octanol–water partition coefficient (Wildman–Crippen LogP) is 2.87. The number of hydrogen-bond donors (Lipinski definition) is 1. The molecule has 0 aromatic heterocycles. The molecule has 0 saturated carbocycles. The van der Waals surface area contributed by atoms with Gasteiger partial charge in [-0.1, -0.05) is 17.7 Å². The number of nitrogen functional groups attached to an aromatic ring is 1. The molecule has 14 heavy (non-hydrogen) atoms. The average Bonchev–Trinajstić information content (AvgIpc) is 2.07. The minimum atomic E-state index is -4.55. The highest BCUT2D eigenvalue weighted by Gasteiger charge is 2.34. The second-order valence-electron chi connectivity index (χ2n) is 2.64. The largest absolute Gasteiger partial charge is 0.418 e. The van der Waals surface area contributed by atoms with Crippen molar-refractivity contribution in [1.29, 1.82) is 0 Å². The van der Waals surface area contributed by atoms with Gasteiger partial charge in [-0.15, -0.1) is 0 Å². The third-order valence-corrected chi connectivity index (χ3v) is 2.17. The lowest BCUT2D eigenvalue weighted by Crippen LogP contribution is -2.10. The summed E-state index contributed by atoms with van der Waals surface area (Å²) in [4.78, 5) is 0. The highest BCUT2D eigenvalue weighted by atomic mass is 35.5. The minimum absolute atomic E-state index is 0.0668. The van der Waals surface area contributed by atoms with E-state index in [0.717, 1.165) is 12.1 Å². The van der Waals surface area contributed by atoms with Crippen LogP contribution in [-0.4, -0.2) is 0 Å². The second-order valence-corrected chi connectivity index (χ2v) is 3.02. The molecule has 0 aliphatic heterocycles. The first-order chi connectivity index (χ1) is 6.38. The number of benzene rings is 1. The molecule has 0 heterocycles. The van der Waals surface area contributed by atoms with Gasteiger partial charge in [-0.2, -0.15) is 13.2 Å². The van der Waals surface area contributed by atoms with E-state index in [0.29, 0.717) is 0 Å². The molecular weight excluding hydrogens is 219 g/mol. The smallest absolute Gasteiger partial charge is 0.397 e. The molecule has 0 fully saturated rings. The number of hydrogen-bond acceptors (Lipinski definition) is 1. The zero-order valence-electron chi connectivity index (χ0n) is 6.86. The van der Waals surface area contributed by atoms with E-state index in [4.69, 9.17) is 17.3 Å². The topological polar surface area (TPSA) is 45.9 Å². The van der Waals surface area contributed by atoms with Crippen LogP contribution >= 0.6 is 11.6 Å². The summed E-state index contributed by atoms with van der Waals surface area (Å²) in [6, 6.07) is 1.79. The minimum Gasteiger partial charge on any atom is -0.397 e. The van der Waals surface area contributed by atoms with Crippen molar-refractivity contribution in [3.63, 3.8) is 0 Å². The SMILES string of the molecule is Nc1c(C(F)(F)F)ccc(C[O])c1Cl. The third-order valence-electron chi connectivity index (χ3n) is 1.72. The van der Waals surface area contributed by atoms with Gasteiger partial charge in [0.15, 0.2) is 0 Å². The molecule has 1 rings (SSSR count). The molecule has 0 bridgehead atoms. The van der Waals surface area contributed by atoms with Crippen LogP contribution in [0.3, 0.4) is 0 Å². The number of rotatable bonds is 1. The molecule has 0 aliphatic rings. The van der Waals surface area contributed by atoms with Crippen LogP contribution in [0.15, 0.2) is 12.1 Å². The van der Waals surface area contributed by atoms with Crippen LogP contribution in [0.25, 0.3) is 0 Å². The van der Waals surface area contributed by atoms with Gasteiger partial charge < -0.3 is 5.73 Å². The molecule has 0 unspecified atom stereocenters. The zero-order chi connectivity index (χ0) is 10.9. The van der Waals surface area contributed by atoms with Gasteiger partial charge in [-0.25, -0.2) is 5.11 Å². The van der Waals surface area contributed by atoms with Gasteiger partial charge in [0.25, 0.3) is 0 Å². The Hall–Kier alpha value is -0.940. The van der Waals surface area contributed by atoms with Gasteiger partial charge in [0.1, 0.15) is 6.61 Å². The average molecular weight is 225 g/mol. The lowest BCUT2D eigenvalue weighted by Gasteiger charge is -2.12. The van der Waals surface area contributed by atoms with E-state index in [2.05, 4.69) is 0 Å². The van der Waals surface area contributed by atoms with Crippen molar-refractivity contribution in [2.45, 2.75) is 12.8 Å². The highest BCUT2D eigenvalue weighted by molar-refractivity contribution is 6.34. The van der Waals surface area contributed by atoms with Gasteiger partial charge in [-0.3, -0.25) is 0 Å². The second kappa shape index (κ2) is 3.67. The zero-order valence-corrected chi connectivity index (χ0v) is 7.62. The normalized spacial score (nSPS) is 11.8. The number of nitrogens with two attached hydrogens (primary N) is 1. The molecule has 0 aliphatic carbocycles. The van der Waals surface area contributed by atoms with E-state index in [1.54, 1.807) is 0 Å². The van der Waals surface area contributed by atoms with E-state index in [1.165, 1.54) is 0 Å². The Morgan fingerprint density at radius 3 is 2.36 bits per heavy atom. The van der Waals surface area contributed by atoms with E-state index < -0.39 is 24.0 Å². The van der Waals surface area contributed by atoms with Crippen LogP contribution in [0.4, 0.5) is 18.9 Å². The van der Waals surface area contributed by atoms with E-state index in [-0.39, 0.29) is 10.6 Å². The Morgan fingerprint density at radius 2 is 1.93 bits per heavy atom. The van der Waals surface area contributed by atoms with Crippen molar-refractivity contribution in [3.05, 3.63) is 28.3 Å². The summed E-state index contributed by atoms with van der Waals surface area (Å²) >= 11 is 5.48. The highest BCUT2D eigenvalue weighted by Crippen LogP contribution is 2.38. The van der Waals surface area contributed by atoms with Gasteiger partial charge in [0.2, 0.25) is 0 Å². The molecule has 1 radical (unpaired) electrons. The maximum Gasteiger partial charge on any atom is 0.418 e. The Morgan fingerprint density at radius 1 is 1.36 bits per heavy atom. The Balaban J connectivity index is 3.31. The Labute approximate surface area is 83.1 Å². The Bertz CT molecular complexity index is 351. The summed E-state index contributed by atoms with van der Waals surface area (Å²) in [7, 11) is 0. The Kier molecular flexibility index (Phi) is 2.92. The molecule has 6 heteroatoms. The molecule has 77 valence electrons.